The fourth-order valence-electron chi connectivity index (χ4n) is 0.941. The normalized spacial score (nSPS) is 8.29. The molecule has 1 rings (SSSR count). The molecule has 0 aliphatic heterocycles. The summed E-state index contributed by atoms with van der Waals surface area (Å²) in [6, 6.07) is 4.56. The highest BCUT2D eigenvalue weighted by Crippen LogP contribution is 2.24. The van der Waals surface area contributed by atoms with Gasteiger partial charge < -0.3 is 12.4 Å². The predicted octanol–water partition coefficient (Wildman–Crippen LogP) is -0.913. The van der Waals surface area contributed by atoms with Crippen molar-refractivity contribution < 1.29 is 17.3 Å². The molecule has 0 aliphatic rings. The zero-order valence-corrected chi connectivity index (χ0v) is 8.02. The Labute approximate surface area is 86.1 Å². The van der Waals surface area contributed by atoms with Gasteiger partial charge in [0.1, 0.15) is 0 Å². The molecule has 0 aliphatic carbocycles. The third-order valence-corrected chi connectivity index (χ3v) is 1.52. The molecular weight excluding hydrogens is 208 g/mol. The molecule has 0 fully saturated rings. The van der Waals surface area contributed by atoms with Crippen LogP contribution < -0.4 is 17.8 Å². The van der Waals surface area contributed by atoms with E-state index < -0.39 is 4.92 Å². The molecular formula is C7H7ClN4O2. The van der Waals surface area contributed by atoms with E-state index in [0.29, 0.717) is 0 Å². The molecule has 0 atom stereocenters. The lowest BCUT2D eigenvalue weighted by Gasteiger charge is -1.95. The average molecular weight is 215 g/mol. The van der Waals surface area contributed by atoms with Crippen molar-refractivity contribution in [3.8, 4) is 0 Å². The Balaban J connectivity index is 0.00000169. The van der Waals surface area contributed by atoms with Crippen LogP contribution in [0, 0.1) is 22.4 Å². The van der Waals surface area contributed by atoms with Crippen molar-refractivity contribution in [2.24, 2.45) is 0 Å². The van der Waals surface area contributed by atoms with Crippen LogP contribution in [0.25, 0.3) is 5.08 Å². The van der Waals surface area contributed by atoms with E-state index in [1.807, 2.05) is 0 Å². The molecule has 14 heavy (non-hydrogen) atoms. The van der Waals surface area contributed by atoms with Gasteiger partial charge in [-0.1, -0.05) is 6.07 Å². The minimum atomic E-state index is -0.541. The molecule has 0 heterocycles. The van der Waals surface area contributed by atoms with Gasteiger partial charge in [-0.2, -0.15) is 0 Å². The van der Waals surface area contributed by atoms with Crippen molar-refractivity contribution in [3.63, 3.8) is 0 Å². The first kappa shape index (κ1) is 12.1. The van der Waals surface area contributed by atoms with E-state index in [0.717, 1.165) is 5.56 Å². The van der Waals surface area contributed by atoms with Crippen molar-refractivity contribution in [1.29, 1.82) is 5.39 Å². The van der Waals surface area contributed by atoms with E-state index in [9.17, 15) is 10.1 Å². The van der Waals surface area contributed by atoms with E-state index >= 15 is 0 Å². The maximum atomic E-state index is 10.5. The van der Waals surface area contributed by atoms with Crippen LogP contribution in [0.3, 0.4) is 0 Å². The smallest absolute Gasteiger partial charge is 0.308 e. The number of nitro benzene ring substituents is 1. The highest BCUT2D eigenvalue weighted by atomic mass is 35.5. The highest BCUT2D eigenvalue weighted by Gasteiger charge is 2.16. The zero-order valence-electron chi connectivity index (χ0n) is 7.27. The molecule has 6 nitrogen and oxygen atoms in total. The summed E-state index contributed by atoms with van der Waals surface area (Å²) in [5, 5.41) is 21.3. The zero-order chi connectivity index (χ0) is 9.84. The van der Waals surface area contributed by atoms with Crippen LogP contribution in [0.4, 0.5) is 11.4 Å². The number of halogens is 1. The van der Waals surface area contributed by atoms with E-state index in [4.69, 9.17) is 5.39 Å². The second-order valence-electron chi connectivity index (χ2n) is 2.49. The average Bonchev–Trinajstić information content (AvgIpc) is 2.08. The Morgan fingerprint density at radius 1 is 1.57 bits per heavy atom. The molecule has 0 saturated heterocycles. The number of nitro groups is 1. The van der Waals surface area contributed by atoms with Crippen LogP contribution >= 0.6 is 0 Å². The van der Waals surface area contributed by atoms with Crippen LogP contribution in [0.1, 0.15) is 5.56 Å². The number of nitrogens with zero attached hydrogens (tertiary/aromatic N) is 3. The summed E-state index contributed by atoms with van der Waals surface area (Å²) < 4.78 is 0. The second kappa shape index (κ2) is 4.99. The summed E-state index contributed by atoms with van der Waals surface area (Å²) in [5.41, 5.74) is 2.95. The van der Waals surface area contributed by atoms with E-state index in [1.165, 1.54) is 12.1 Å². The number of aryl methyl sites for hydroxylation is 1. The number of diazo groups is 1. The molecule has 1 aromatic rings. The summed E-state index contributed by atoms with van der Waals surface area (Å²) >= 11 is 0. The fourth-order valence-corrected chi connectivity index (χ4v) is 0.941. The van der Waals surface area contributed by atoms with E-state index in [1.54, 1.807) is 13.0 Å². The van der Waals surface area contributed by atoms with Crippen molar-refractivity contribution in [1.82, 2.24) is 0 Å². The lowest BCUT2D eigenvalue weighted by molar-refractivity contribution is -0.384. The molecule has 0 spiro atoms. The quantitative estimate of drug-likeness (QED) is 0.392. The minimum Gasteiger partial charge on any atom is -1.00 e. The number of rotatable bonds is 2. The molecule has 0 saturated carbocycles. The van der Waals surface area contributed by atoms with Gasteiger partial charge in [-0.05, 0) is 24.0 Å². The monoisotopic (exact) mass is 214 g/mol. The first-order valence-electron chi connectivity index (χ1n) is 3.50. The van der Waals surface area contributed by atoms with Gasteiger partial charge in [-0.25, -0.2) is 0 Å². The molecule has 0 radical (unpaired) electrons. The molecule has 1 N–H and O–H groups in total. The van der Waals surface area contributed by atoms with E-state index in [2.05, 4.69) is 10.5 Å². The molecule has 7 heteroatoms. The Bertz CT molecular complexity index is 388. The van der Waals surface area contributed by atoms with Gasteiger partial charge in [0, 0.05) is 6.07 Å². The van der Waals surface area contributed by atoms with Gasteiger partial charge >= 0.3 is 5.08 Å². The van der Waals surface area contributed by atoms with Crippen molar-refractivity contribution in [2.45, 2.75) is 6.92 Å². The van der Waals surface area contributed by atoms with Gasteiger partial charge in [0.2, 0.25) is 0 Å². The SMILES string of the molecule is Cc1ccc(N[N+]#N)c([N+](=O)[O-])c1.[Cl-]. The minimum absolute atomic E-state index is 0. The lowest BCUT2D eigenvalue weighted by atomic mass is 10.2. The second-order valence-corrected chi connectivity index (χ2v) is 2.49. The number of nitrogens with one attached hydrogen (secondary N) is 1. The largest absolute Gasteiger partial charge is 1.00 e. The van der Waals surface area contributed by atoms with Crippen LogP contribution in [0.5, 0.6) is 0 Å². The first-order chi connectivity index (χ1) is 6.15. The molecule has 0 amide bonds. The first-order valence-corrected chi connectivity index (χ1v) is 3.50. The topological polar surface area (TPSA) is 83.3 Å². The Morgan fingerprint density at radius 3 is 2.71 bits per heavy atom. The summed E-state index contributed by atoms with van der Waals surface area (Å²) in [5.74, 6) is 0. The number of hydrogen-bond donors (Lipinski definition) is 1. The standard InChI is InChI=1S/C7H7N4O2.ClH/c1-5-2-3-6(9-10-8)7(4-5)11(12)13;/h2-4,9H,1H3;1H/q+1;/p-1. The molecule has 0 unspecified atom stereocenters. The number of hydrogen-bond acceptors (Lipinski definition) is 4. The summed E-state index contributed by atoms with van der Waals surface area (Å²) in [4.78, 5) is 9.95. The van der Waals surface area contributed by atoms with Gasteiger partial charge in [-0.3, -0.25) is 10.1 Å². The van der Waals surface area contributed by atoms with Gasteiger partial charge in [0.15, 0.2) is 5.69 Å². The maximum absolute atomic E-state index is 10.5. The fraction of sp³-hybridized carbons (Fsp3) is 0.143. The van der Waals surface area contributed by atoms with Crippen molar-refractivity contribution >= 4 is 11.4 Å². The lowest BCUT2D eigenvalue weighted by Crippen LogP contribution is -3.00. The molecule has 0 bridgehead atoms. The summed E-state index contributed by atoms with van der Waals surface area (Å²) in [7, 11) is 0. The Morgan fingerprint density at radius 2 is 2.21 bits per heavy atom. The Hall–Kier alpha value is -1.87. The third-order valence-electron chi connectivity index (χ3n) is 1.52. The third kappa shape index (κ3) is 2.57. The van der Waals surface area contributed by atoms with Gasteiger partial charge in [0.25, 0.3) is 11.1 Å². The van der Waals surface area contributed by atoms with E-state index in [-0.39, 0.29) is 23.8 Å². The Kier molecular flexibility index (Phi) is 4.32. The van der Waals surface area contributed by atoms with Crippen LogP contribution in [-0.2, 0) is 0 Å². The highest BCUT2D eigenvalue weighted by molar-refractivity contribution is 5.62. The van der Waals surface area contributed by atoms with Gasteiger partial charge in [-0.15, -0.1) is 0 Å². The summed E-state index contributed by atoms with van der Waals surface area (Å²) in [6.07, 6.45) is 0. The van der Waals surface area contributed by atoms with Crippen molar-refractivity contribution in [2.75, 3.05) is 5.43 Å². The maximum Gasteiger partial charge on any atom is 0.308 e. The van der Waals surface area contributed by atoms with Crippen molar-refractivity contribution in [3.05, 3.63) is 39.0 Å². The van der Waals surface area contributed by atoms with Crippen LogP contribution in [0.15, 0.2) is 18.2 Å². The number of anilines is 1. The van der Waals surface area contributed by atoms with Crippen LogP contribution in [0.2, 0.25) is 0 Å². The molecule has 74 valence electrons. The van der Waals surface area contributed by atoms with Gasteiger partial charge in [0.05, 0.1) is 4.92 Å². The molecule has 0 aromatic heterocycles. The van der Waals surface area contributed by atoms with Crippen LogP contribution in [-0.4, -0.2) is 4.92 Å². The molecule has 1 aromatic carbocycles. The predicted molar refractivity (Wildman–Crippen MR) is 46.5 cm³/mol. The number of benzene rings is 1. The summed E-state index contributed by atoms with van der Waals surface area (Å²) in [6.45, 7) is 1.74.